The van der Waals surface area contributed by atoms with E-state index in [1.165, 1.54) is 33.0 Å². The molecular weight excluding hydrogens is 371 g/mol. The summed E-state index contributed by atoms with van der Waals surface area (Å²) in [5.74, 6) is -1.84. The highest BCUT2D eigenvalue weighted by Gasteiger charge is 2.25. The van der Waals surface area contributed by atoms with Crippen molar-refractivity contribution in [1.29, 1.82) is 0 Å². The third kappa shape index (κ3) is 5.41. The van der Waals surface area contributed by atoms with E-state index in [9.17, 15) is 22.4 Å². The average molecular weight is 392 g/mol. The molecule has 0 unspecified atom stereocenters. The Bertz CT molecular complexity index is 737. The van der Waals surface area contributed by atoms with Crippen LogP contribution in [0.25, 0.3) is 0 Å². The van der Waals surface area contributed by atoms with Gasteiger partial charge in [0.2, 0.25) is 10.0 Å². The second-order valence-electron chi connectivity index (χ2n) is 5.26. The van der Waals surface area contributed by atoms with Crippen molar-refractivity contribution in [2.24, 2.45) is 0 Å². The molecule has 0 heterocycles. The predicted molar refractivity (Wildman–Crippen MR) is 93.5 cm³/mol. The van der Waals surface area contributed by atoms with Gasteiger partial charge in [0.1, 0.15) is 11.9 Å². The van der Waals surface area contributed by atoms with Crippen LogP contribution >= 0.6 is 11.8 Å². The fourth-order valence-corrected chi connectivity index (χ4v) is 3.31. The van der Waals surface area contributed by atoms with Crippen LogP contribution in [0.5, 0.6) is 0 Å². The fraction of sp³-hybridized carbons (Fsp3) is 0.467. The Morgan fingerprint density at radius 1 is 1.36 bits per heavy atom. The van der Waals surface area contributed by atoms with Crippen LogP contribution in [0.4, 0.5) is 4.39 Å². The van der Waals surface area contributed by atoms with Gasteiger partial charge in [-0.05, 0) is 36.6 Å². The number of thioether (sulfide) groups is 1. The zero-order chi connectivity index (χ0) is 19.2. The van der Waals surface area contributed by atoms with Gasteiger partial charge < -0.3 is 10.1 Å². The number of sulfonamides is 1. The molecule has 0 aliphatic carbocycles. The summed E-state index contributed by atoms with van der Waals surface area (Å²) in [6, 6.07) is 1.98. The minimum atomic E-state index is -3.82. The van der Waals surface area contributed by atoms with Gasteiger partial charge in [-0.2, -0.15) is 11.8 Å². The summed E-state index contributed by atoms with van der Waals surface area (Å²) in [6.45, 7) is 0. The number of benzene rings is 1. The molecule has 25 heavy (non-hydrogen) atoms. The van der Waals surface area contributed by atoms with E-state index in [2.05, 4.69) is 10.1 Å². The van der Waals surface area contributed by atoms with Crippen LogP contribution < -0.4 is 5.32 Å². The molecule has 0 spiro atoms. The fourth-order valence-electron chi connectivity index (χ4n) is 1.91. The lowest BCUT2D eigenvalue weighted by molar-refractivity contribution is -0.142. The third-order valence-corrected chi connectivity index (χ3v) is 5.82. The van der Waals surface area contributed by atoms with E-state index < -0.39 is 39.3 Å². The van der Waals surface area contributed by atoms with Crippen molar-refractivity contribution in [3.8, 4) is 0 Å². The van der Waals surface area contributed by atoms with Crippen molar-refractivity contribution >= 4 is 33.7 Å². The number of esters is 1. The quantitative estimate of drug-likeness (QED) is 0.666. The molecule has 1 aromatic rings. The summed E-state index contributed by atoms with van der Waals surface area (Å²) in [4.78, 5) is 23.9. The number of ether oxygens (including phenoxy) is 1. The third-order valence-electron chi connectivity index (χ3n) is 3.36. The molecule has 10 heteroatoms. The van der Waals surface area contributed by atoms with Gasteiger partial charge in [-0.1, -0.05) is 0 Å². The zero-order valence-electron chi connectivity index (χ0n) is 14.4. The number of amides is 1. The van der Waals surface area contributed by atoms with Crippen LogP contribution in [0.15, 0.2) is 23.1 Å². The van der Waals surface area contributed by atoms with E-state index >= 15 is 0 Å². The number of carbonyl (C=O) groups excluding carboxylic acids is 2. The van der Waals surface area contributed by atoms with E-state index in [0.29, 0.717) is 12.2 Å². The van der Waals surface area contributed by atoms with Crippen molar-refractivity contribution in [1.82, 2.24) is 9.62 Å². The minimum Gasteiger partial charge on any atom is -0.467 e. The number of rotatable bonds is 8. The number of nitrogens with zero attached hydrogens (tertiary/aromatic N) is 1. The van der Waals surface area contributed by atoms with Crippen molar-refractivity contribution in [3.63, 3.8) is 0 Å². The molecular formula is C15H21FN2O5S2. The number of carbonyl (C=O) groups is 2. The molecule has 0 aromatic heterocycles. The topological polar surface area (TPSA) is 92.8 Å². The van der Waals surface area contributed by atoms with Gasteiger partial charge in [0.15, 0.2) is 0 Å². The van der Waals surface area contributed by atoms with Crippen LogP contribution in [0.3, 0.4) is 0 Å². The van der Waals surface area contributed by atoms with Gasteiger partial charge in [0.25, 0.3) is 5.91 Å². The first-order valence-electron chi connectivity index (χ1n) is 7.24. The van der Waals surface area contributed by atoms with Gasteiger partial charge >= 0.3 is 5.97 Å². The van der Waals surface area contributed by atoms with Crippen LogP contribution in [-0.4, -0.2) is 63.9 Å². The molecule has 1 atom stereocenters. The lowest BCUT2D eigenvalue weighted by Gasteiger charge is -2.17. The second kappa shape index (κ2) is 9.16. The number of halogens is 1. The van der Waals surface area contributed by atoms with E-state index in [1.807, 2.05) is 6.26 Å². The number of methoxy groups -OCH3 is 1. The monoisotopic (exact) mass is 392 g/mol. The van der Waals surface area contributed by atoms with E-state index in [0.717, 1.165) is 22.5 Å². The molecule has 0 bridgehead atoms. The van der Waals surface area contributed by atoms with E-state index in [1.54, 1.807) is 0 Å². The van der Waals surface area contributed by atoms with Crippen LogP contribution in [-0.2, 0) is 19.6 Å². The molecule has 0 saturated heterocycles. The summed E-state index contributed by atoms with van der Waals surface area (Å²) in [5, 5.41) is 2.39. The van der Waals surface area contributed by atoms with E-state index in [4.69, 9.17) is 0 Å². The summed E-state index contributed by atoms with van der Waals surface area (Å²) >= 11 is 1.47. The number of nitrogens with one attached hydrogen (secondary N) is 1. The molecule has 0 saturated carbocycles. The molecule has 1 amide bonds. The highest BCUT2D eigenvalue weighted by atomic mass is 32.2. The van der Waals surface area contributed by atoms with Gasteiger partial charge in [0, 0.05) is 14.1 Å². The molecule has 1 N–H and O–H groups in total. The average Bonchev–Trinajstić information content (AvgIpc) is 2.57. The first-order chi connectivity index (χ1) is 11.6. The SMILES string of the molecule is COC(=O)[C@@H](CCSC)NC(=O)c1cc(S(=O)(=O)N(C)C)ccc1F. The number of hydrogen-bond acceptors (Lipinski definition) is 6. The van der Waals surface area contributed by atoms with Gasteiger partial charge in [-0.25, -0.2) is 21.9 Å². The Labute approximate surface area is 151 Å². The molecule has 140 valence electrons. The van der Waals surface area contributed by atoms with Gasteiger partial charge in [-0.3, -0.25) is 4.79 Å². The maximum absolute atomic E-state index is 14.0. The summed E-state index contributed by atoms with van der Waals surface area (Å²) in [6.07, 6.45) is 2.14. The van der Waals surface area contributed by atoms with Crippen molar-refractivity contribution in [3.05, 3.63) is 29.6 Å². The maximum atomic E-state index is 14.0. The molecule has 7 nitrogen and oxygen atoms in total. The first kappa shape index (κ1) is 21.4. The van der Waals surface area contributed by atoms with E-state index in [-0.39, 0.29) is 4.90 Å². The normalized spacial score (nSPS) is 12.7. The lowest BCUT2D eigenvalue weighted by Crippen LogP contribution is -2.42. The largest absolute Gasteiger partial charge is 0.467 e. The van der Waals surface area contributed by atoms with Crippen molar-refractivity contribution < 1.29 is 27.1 Å². The van der Waals surface area contributed by atoms with Crippen molar-refractivity contribution in [2.75, 3.05) is 33.2 Å². The Balaban J connectivity index is 3.13. The Kier molecular flexibility index (Phi) is 7.84. The summed E-state index contributed by atoms with van der Waals surface area (Å²) < 4.78 is 43.8. The second-order valence-corrected chi connectivity index (χ2v) is 8.40. The minimum absolute atomic E-state index is 0.220. The maximum Gasteiger partial charge on any atom is 0.328 e. The molecule has 0 aliphatic rings. The highest BCUT2D eigenvalue weighted by molar-refractivity contribution is 7.98. The molecule has 0 fully saturated rings. The first-order valence-corrected chi connectivity index (χ1v) is 10.1. The zero-order valence-corrected chi connectivity index (χ0v) is 16.0. The van der Waals surface area contributed by atoms with Crippen LogP contribution in [0, 0.1) is 5.82 Å². The van der Waals surface area contributed by atoms with Crippen molar-refractivity contribution in [2.45, 2.75) is 17.4 Å². The lowest BCUT2D eigenvalue weighted by atomic mass is 10.1. The molecule has 0 aliphatic heterocycles. The summed E-state index contributed by atoms with van der Waals surface area (Å²) in [7, 11) is 0.0194. The van der Waals surface area contributed by atoms with Gasteiger partial charge in [0.05, 0.1) is 17.6 Å². The Morgan fingerprint density at radius 3 is 2.52 bits per heavy atom. The van der Waals surface area contributed by atoms with Gasteiger partial charge in [-0.15, -0.1) is 0 Å². The molecule has 1 rings (SSSR count). The Morgan fingerprint density at radius 2 is 2.00 bits per heavy atom. The molecule has 1 aromatic carbocycles. The van der Waals surface area contributed by atoms with Crippen LogP contribution in [0.1, 0.15) is 16.8 Å². The smallest absolute Gasteiger partial charge is 0.328 e. The molecule has 0 radical (unpaired) electrons. The number of hydrogen-bond donors (Lipinski definition) is 1. The summed E-state index contributed by atoms with van der Waals surface area (Å²) in [5.41, 5.74) is -0.457. The van der Waals surface area contributed by atoms with Crippen LogP contribution in [0.2, 0.25) is 0 Å². The highest BCUT2D eigenvalue weighted by Crippen LogP contribution is 2.18. The Hall–Kier alpha value is -1.65. The predicted octanol–water partition coefficient (Wildman–Crippen LogP) is 1.10. The standard InChI is InChI=1S/C15H21FN2O5S2/c1-18(2)25(21,22)10-5-6-12(16)11(9-10)14(19)17-13(7-8-24-4)15(20)23-3/h5-6,9,13H,7-8H2,1-4H3,(H,17,19)/t13-/m1/s1.